The average molecular weight is 555 g/mol. The van der Waals surface area contributed by atoms with Crippen LogP contribution < -0.4 is 4.72 Å². The molecule has 6 rings (SSSR count). The minimum atomic E-state index is -4.30. The van der Waals surface area contributed by atoms with Gasteiger partial charge in [-0.25, -0.2) is 30.8 Å². The number of sulfonamides is 1. The topological polar surface area (TPSA) is 83.8 Å². The molecule has 1 saturated heterocycles. The van der Waals surface area contributed by atoms with Crippen molar-refractivity contribution in [3.05, 3.63) is 107 Å². The molecule has 7 nitrogen and oxygen atoms in total. The van der Waals surface area contributed by atoms with Gasteiger partial charge in [0, 0.05) is 23.8 Å². The summed E-state index contributed by atoms with van der Waals surface area (Å²) in [5.41, 5.74) is 1.32. The predicted molar refractivity (Wildman–Crippen MR) is 138 cm³/mol. The van der Waals surface area contributed by atoms with Gasteiger partial charge < -0.3 is 0 Å². The molecule has 0 spiro atoms. The highest BCUT2D eigenvalue weighted by Crippen LogP contribution is 2.54. The van der Waals surface area contributed by atoms with Crippen molar-refractivity contribution >= 4 is 21.4 Å². The van der Waals surface area contributed by atoms with E-state index < -0.39 is 50.2 Å². The van der Waals surface area contributed by atoms with Crippen LogP contribution in [-0.4, -0.2) is 46.2 Å². The zero-order valence-electron chi connectivity index (χ0n) is 20.7. The molecule has 3 atom stereocenters. The van der Waals surface area contributed by atoms with Crippen LogP contribution in [0.4, 0.5) is 13.2 Å². The summed E-state index contributed by atoms with van der Waals surface area (Å²) in [6.45, 7) is 0.494. The molecule has 4 aromatic rings. The summed E-state index contributed by atoms with van der Waals surface area (Å²) in [5.74, 6) is -2.39. The Bertz CT molecular complexity index is 1680. The van der Waals surface area contributed by atoms with E-state index in [9.17, 15) is 26.4 Å². The molecular formula is C28H25F3N4O3S. The number of fused-ring (bicyclic) bond motifs is 1. The first kappa shape index (κ1) is 25.6. The molecule has 0 unspecified atom stereocenters. The van der Waals surface area contributed by atoms with Crippen molar-refractivity contribution in [3.8, 4) is 0 Å². The van der Waals surface area contributed by atoms with Crippen molar-refractivity contribution < 1.29 is 26.4 Å². The average Bonchev–Trinajstić information content (AvgIpc) is 3.25. The first-order valence-electron chi connectivity index (χ1n) is 12.6. The van der Waals surface area contributed by atoms with Gasteiger partial charge >= 0.3 is 0 Å². The Kier molecular flexibility index (Phi) is 6.22. The standard InChI is InChI=1S/C28H25F3N4O3S/c29-19-8-6-18(7-9-19)15-28(39(37,38)33-27(36)22-17-32-35-13-2-1-4-25(22)35)16-26(28)34-12-3-5-24(34)21-14-20(30)10-11-23(21)31/h1-2,4,6-11,13-14,17,24,26H,3,5,12,15-16H2,(H,33,36)/t24-,26-,28-/m1/s1. The molecular weight excluding hydrogens is 529 g/mol. The van der Waals surface area contributed by atoms with Crippen LogP contribution in [0.5, 0.6) is 0 Å². The van der Waals surface area contributed by atoms with E-state index in [2.05, 4.69) is 9.82 Å². The van der Waals surface area contributed by atoms with Gasteiger partial charge in [-0.2, -0.15) is 5.10 Å². The van der Waals surface area contributed by atoms with Gasteiger partial charge in [0.05, 0.1) is 17.3 Å². The lowest BCUT2D eigenvalue weighted by molar-refractivity contribution is 0.0982. The van der Waals surface area contributed by atoms with Gasteiger partial charge in [0.1, 0.15) is 22.2 Å². The van der Waals surface area contributed by atoms with Crippen molar-refractivity contribution in [3.63, 3.8) is 0 Å². The molecule has 39 heavy (non-hydrogen) atoms. The van der Waals surface area contributed by atoms with Crippen molar-refractivity contribution in [1.29, 1.82) is 0 Å². The largest absolute Gasteiger partial charge is 0.292 e. The zero-order chi connectivity index (χ0) is 27.4. The number of likely N-dealkylation sites (tertiary alicyclic amines) is 1. The van der Waals surface area contributed by atoms with Crippen molar-refractivity contribution in [2.75, 3.05) is 6.54 Å². The van der Waals surface area contributed by atoms with Crippen LogP contribution >= 0.6 is 0 Å². The normalized spacial score (nSPS) is 23.3. The lowest BCUT2D eigenvalue weighted by Crippen LogP contribution is -2.46. The smallest absolute Gasteiger partial charge is 0.268 e. The summed E-state index contributed by atoms with van der Waals surface area (Å²) in [6, 6.07) is 12.9. The molecule has 202 valence electrons. The molecule has 2 aromatic carbocycles. The van der Waals surface area contributed by atoms with E-state index in [-0.39, 0.29) is 24.0 Å². The number of hydrogen-bond acceptors (Lipinski definition) is 5. The van der Waals surface area contributed by atoms with E-state index in [1.807, 2.05) is 4.90 Å². The third-order valence-electron chi connectivity index (χ3n) is 7.85. The summed E-state index contributed by atoms with van der Waals surface area (Å²) in [5, 5.41) is 4.11. The first-order chi connectivity index (χ1) is 18.7. The van der Waals surface area contributed by atoms with Crippen LogP contribution in [0, 0.1) is 17.5 Å². The number of aromatic nitrogens is 2. The van der Waals surface area contributed by atoms with E-state index in [4.69, 9.17) is 0 Å². The lowest BCUT2D eigenvalue weighted by Gasteiger charge is -2.29. The monoisotopic (exact) mass is 554 g/mol. The number of amides is 1. The Morgan fingerprint density at radius 1 is 1.05 bits per heavy atom. The minimum absolute atomic E-state index is 0.0180. The highest BCUT2D eigenvalue weighted by Gasteiger charge is 2.67. The SMILES string of the molecule is O=C(NS(=O)(=O)[C@]1(Cc2ccc(F)cc2)C[C@H]1N1CCC[C@@H]1c1cc(F)ccc1F)c1cnn2ccccc12. The number of nitrogens with zero attached hydrogens (tertiary/aromatic N) is 3. The summed E-state index contributed by atoms with van der Waals surface area (Å²) in [7, 11) is -4.30. The second kappa shape index (κ2) is 9.49. The predicted octanol–water partition coefficient (Wildman–Crippen LogP) is 4.40. The molecule has 1 amide bonds. The van der Waals surface area contributed by atoms with Crippen LogP contribution in [0.1, 0.15) is 46.8 Å². The van der Waals surface area contributed by atoms with Crippen LogP contribution in [0.15, 0.2) is 73.1 Å². The van der Waals surface area contributed by atoms with Gasteiger partial charge in [-0.05, 0) is 80.3 Å². The van der Waals surface area contributed by atoms with Crippen LogP contribution in [0.3, 0.4) is 0 Å². The number of pyridine rings is 1. The molecule has 1 aliphatic heterocycles. The van der Waals surface area contributed by atoms with Crippen molar-refractivity contribution in [2.24, 2.45) is 0 Å². The fourth-order valence-corrected chi connectivity index (χ4v) is 7.65. The van der Waals surface area contributed by atoms with E-state index in [0.717, 1.165) is 18.2 Å². The summed E-state index contributed by atoms with van der Waals surface area (Å²) in [6.07, 6.45) is 4.36. The Morgan fingerprint density at radius 2 is 1.82 bits per heavy atom. The fraction of sp³-hybridized carbons (Fsp3) is 0.286. The van der Waals surface area contributed by atoms with Gasteiger partial charge in [-0.15, -0.1) is 0 Å². The van der Waals surface area contributed by atoms with Gasteiger partial charge in [-0.1, -0.05) is 18.2 Å². The molecule has 2 aliphatic rings. The molecule has 1 saturated carbocycles. The van der Waals surface area contributed by atoms with E-state index >= 15 is 0 Å². The Labute approximate surface area is 223 Å². The van der Waals surface area contributed by atoms with Crippen LogP contribution in [0.2, 0.25) is 0 Å². The fourth-order valence-electron chi connectivity index (χ4n) is 5.86. The first-order valence-corrected chi connectivity index (χ1v) is 14.1. The zero-order valence-corrected chi connectivity index (χ0v) is 21.5. The molecule has 0 bridgehead atoms. The number of carbonyl (C=O) groups excluding carboxylic acids is 1. The number of hydrogen-bond donors (Lipinski definition) is 1. The van der Waals surface area contributed by atoms with E-state index in [1.54, 1.807) is 24.4 Å². The molecule has 1 N–H and O–H groups in total. The number of carbonyl (C=O) groups is 1. The van der Waals surface area contributed by atoms with Gasteiger partial charge in [0.15, 0.2) is 0 Å². The lowest BCUT2D eigenvalue weighted by atomic mass is 10.0. The number of benzene rings is 2. The van der Waals surface area contributed by atoms with Crippen molar-refractivity contribution in [1.82, 2.24) is 19.2 Å². The number of rotatable bonds is 7. The maximum absolute atomic E-state index is 14.7. The quantitative estimate of drug-likeness (QED) is 0.366. The highest BCUT2D eigenvalue weighted by molar-refractivity contribution is 7.91. The maximum Gasteiger partial charge on any atom is 0.268 e. The third-order valence-corrected chi connectivity index (χ3v) is 9.96. The molecule has 2 aromatic heterocycles. The number of nitrogens with one attached hydrogen (secondary N) is 1. The second-order valence-corrected chi connectivity index (χ2v) is 12.2. The maximum atomic E-state index is 14.7. The van der Waals surface area contributed by atoms with E-state index in [0.29, 0.717) is 30.5 Å². The van der Waals surface area contributed by atoms with Crippen molar-refractivity contribution in [2.45, 2.75) is 42.5 Å². The molecule has 0 radical (unpaired) electrons. The Hall–Kier alpha value is -3.70. The Balaban J connectivity index is 1.34. The summed E-state index contributed by atoms with van der Waals surface area (Å²) < 4.78 is 72.6. The van der Waals surface area contributed by atoms with Gasteiger partial charge in [-0.3, -0.25) is 9.69 Å². The molecule has 1 aliphatic carbocycles. The van der Waals surface area contributed by atoms with Crippen LogP contribution in [-0.2, 0) is 16.4 Å². The molecule has 3 heterocycles. The Morgan fingerprint density at radius 3 is 2.62 bits per heavy atom. The molecule has 11 heteroatoms. The van der Waals surface area contributed by atoms with Gasteiger partial charge in [0.2, 0.25) is 10.0 Å². The summed E-state index contributed by atoms with van der Waals surface area (Å²) in [4.78, 5) is 15.1. The van der Waals surface area contributed by atoms with Crippen LogP contribution in [0.25, 0.3) is 5.52 Å². The van der Waals surface area contributed by atoms with E-state index in [1.165, 1.54) is 35.0 Å². The molecule has 2 fully saturated rings. The third kappa shape index (κ3) is 4.49. The summed E-state index contributed by atoms with van der Waals surface area (Å²) >= 11 is 0. The second-order valence-electron chi connectivity index (χ2n) is 10.2. The highest BCUT2D eigenvalue weighted by atomic mass is 32.2. The minimum Gasteiger partial charge on any atom is -0.292 e. The van der Waals surface area contributed by atoms with Gasteiger partial charge in [0.25, 0.3) is 5.91 Å². The number of halogens is 3.